The van der Waals surface area contributed by atoms with Gasteiger partial charge in [-0.3, -0.25) is 9.78 Å². The topological polar surface area (TPSA) is 97.4 Å². The van der Waals surface area contributed by atoms with Crippen molar-refractivity contribution in [2.24, 2.45) is 0 Å². The van der Waals surface area contributed by atoms with E-state index in [1.54, 1.807) is 43.6 Å². The number of ether oxygens (including phenoxy) is 1. The third-order valence-electron chi connectivity index (χ3n) is 3.95. The number of amides is 1. The van der Waals surface area contributed by atoms with Gasteiger partial charge in [0, 0.05) is 24.1 Å². The van der Waals surface area contributed by atoms with E-state index >= 15 is 0 Å². The summed E-state index contributed by atoms with van der Waals surface area (Å²) in [7, 11) is -1.38. The third-order valence-corrected chi connectivity index (χ3v) is 5.72. The Labute approximate surface area is 146 Å². The SMILES string of the molecule is COc1ccc(NC(=O)c2cncc(NC3CCS(=O)(=O)C3)c2)cc1. The molecular formula is C17H19N3O4S. The maximum absolute atomic E-state index is 12.4. The van der Waals surface area contributed by atoms with Gasteiger partial charge in [-0.05, 0) is 36.8 Å². The highest BCUT2D eigenvalue weighted by atomic mass is 32.2. The molecule has 1 aromatic carbocycles. The zero-order valence-electron chi connectivity index (χ0n) is 13.7. The van der Waals surface area contributed by atoms with Crippen LogP contribution in [-0.2, 0) is 9.84 Å². The zero-order chi connectivity index (χ0) is 17.9. The first-order valence-corrected chi connectivity index (χ1v) is 9.65. The lowest BCUT2D eigenvalue weighted by Gasteiger charge is -2.13. The number of aromatic nitrogens is 1. The minimum atomic E-state index is -2.96. The molecule has 8 heteroatoms. The number of carbonyl (C=O) groups excluding carboxylic acids is 1. The van der Waals surface area contributed by atoms with Crippen LogP contribution in [0.3, 0.4) is 0 Å². The lowest BCUT2D eigenvalue weighted by Crippen LogP contribution is -2.21. The van der Waals surface area contributed by atoms with Gasteiger partial charge in [0.1, 0.15) is 5.75 Å². The van der Waals surface area contributed by atoms with Crippen molar-refractivity contribution in [1.29, 1.82) is 0 Å². The Morgan fingerprint density at radius 2 is 1.96 bits per heavy atom. The van der Waals surface area contributed by atoms with Crippen LogP contribution >= 0.6 is 0 Å². The van der Waals surface area contributed by atoms with Crippen molar-refractivity contribution < 1.29 is 17.9 Å². The van der Waals surface area contributed by atoms with Gasteiger partial charge in [-0.1, -0.05) is 0 Å². The Morgan fingerprint density at radius 1 is 1.20 bits per heavy atom. The van der Waals surface area contributed by atoms with Crippen LogP contribution in [-0.4, -0.2) is 44.0 Å². The standard InChI is InChI=1S/C17H19N3O4S/c1-24-16-4-2-13(3-5-16)20-17(21)12-8-15(10-18-9-12)19-14-6-7-25(22,23)11-14/h2-5,8-10,14,19H,6-7,11H2,1H3,(H,20,21). The average Bonchev–Trinajstić information content (AvgIpc) is 2.94. The summed E-state index contributed by atoms with van der Waals surface area (Å²) < 4.78 is 28.1. The molecule has 1 fully saturated rings. The van der Waals surface area contributed by atoms with Gasteiger partial charge in [-0.25, -0.2) is 8.42 Å². The van der Waals surface area contributed by atoms with Crippen LogP contribution in [0.1, 0.15) is 16.8 Å². The van der Waals surface area contributed by atoms with Crippen LogP contribution in [0.25, 0.3) is 0 Å². The molecule has 0 aliphatic carbocycles. The molecule has 0 saturated carbocycles. The van der Waals surface area contributed by atoms with Gasteiger partial charge < -0.3 is 15.4 Å². The number of hydrogen-bond donors (Lipinski definition) is 2. The molecule has 1 aliphatic heterocycles. The van der Waals surface area contributed by atoms with E-state index in [0.717, 1.165) is 0 Å². The van der Waals surface area contributed by atoms with Crippen molar-refractivity contribution in [3.05, 3.63) is 48.3 Å². The summed E-state index contributed by atoms with van der Waals surface area (Å²) in [4.78, 5) is 16.4. The number of sulfone groups is 1. The zero-order valence-corrected chi connectivity index (χ0v) is 14.5. The van der Waals surface area contributed by atoms with E-state index in [4.69, 9.17) is 4.74 Å². The van der Waals surface area contributed by atoms with Gasteiger partial charge in [0.25, 0.3) is 5.91 Å². The highest BCUT2D eigenvalue weighted by Crippen LogP contribution is 2.19. The molecule has 3 rings (SSSR count). The summed E-state index contributed by atoms with van der Waals surface area (Å²) >= 11 is 0. The van der Waals surface area contributed by atoms with E-state index in [-0.39, 0.29) is 23.5 Å². The average molecular weight is 361 g/mol. The quantitative estimate of drug-likeness (QED) is 0.845. The molecule has 132 valence electrons. The molecule has 25 heavy (non-hydrogen) atoms. The van der Waals surface area contributed by atoms with Crippen molar-refractivity contribution in [3.8, 4) is 5.75 Å². The van der Waals surface area contributed by atoms with Crippen molar-refractivity contribution in [3.63, 3.8) is 0 Å². The van der Waals surface area contributed by atoms with Crippen LogP contribution in [0, 0.1) is 0 Å². The first-order chi connectivity index (χ1) is 11.9. The Hall–Kier alpha value is -2.61. The van der Waals surface area contributed by atoms with Crippen LogP contribution in [0.4, 0.5) is 11.4 Å². The predicted octanol–water partition coefficient (Wildman–Crippen LogP) is 1.94. The summed E-state index contributed by atoms with van der Waals surface area (Å²) in [6.07, 6.45) is 3.61. The molecule has 1 unspecified atom stereocenters. The van der Waals surface area contributed by atoms with Gasteiger partial charge in [0.2, 0.25) is 0 Å². The number of carbonyl (C=O) groups is 1. The molecule has 1 aliphatic rings. The fourth-order valence-corrected chi connectivity index (χ4v) is 4.34. The number of anilines is 2. The molecule has 1 atom stereocenters. The smallest absolute Gasteiger partial charge is 0.257 e. The second kappa shape index (κ2) is 7.10. The van der Waals surface area contributed by atoms with Crippen molar-refractivity contribution in [1.82, 2.24) is 4.98 Å². The minimum Gasteiger partial charge on any atom is -0.497 e. The molecule has 2 N–H and O–H groups in total. The minimum absolute atomic E-state index is 0.106. The fourth-order valence-electron chi connectivity index (χ4n) is 2.67. The van der Waals surface area contributed by atoms with E-state index < -0.39 is 9.84 Å². The lowest BCUT2D eigenvalue weighted by atomic mass is 10.2. The van der Waals surface area contributed by atoms with Crippen molar-refractivity contribution in [2.45, 2.75) is 12.5 Å². The highest BCUT2D eigenvalue weighted by molar-refractivity contribution is 7.91. The molecule has 1 aromatic heterocycles. The summed E-state index contributed by atoms with van der Waals surface area (Å²) in [5.41, 5.74) is 1.66. The number of nitrogens with one attached hydrogen (secondary N) is 2. The Balaban J connectivity index is 1.66. The Bertz CT molecular complexity index is 866. The summed E-state index contributed by atoms with van der Waals surface area (Å²) in [5.74, 6) is 0.711. The molecule has 2 aromatic rings. The second-order valence-corrected chi connectivity index (χ2v) is 8.12. The van der Waals surface area contributed by atoms with Crippen LogP contribution in [0.15, 0.2) is 42.7 Å². The van der Waals surface area contributed by atoms with Crippen molar-refractivity contribution >= 4 is 27.1 Å². The van der Waals surface area contributed by atoms with Crippen molar-refractivity contribution in [2.75, 3.05) is 29.2 Å². The number of methoxy groups -OCH3 is 1. The molecule has 0 radical (unpaired) electrons. The summed E-state index contributed by atoms with van der Waals surface area (Å²) in [5, 5.41) is 5.92. The Kier molecular flexibility index (Phi) is 4.89. The van der Waals surface area contributed by atoms with E-state index in [1.807, 2.05) is 0 Å². The maximum atomic E-state index is 12.4. The first kappa shape index (κ1) is 17.2. The summed E-state index contributed by atoms with van der Waals surface area (Å²) in [6.45, 7) is 0. The molecule has 1 amide bonds. The van der Waals surface area contributed by atoms with Gasteiger partial charge in [0.05, 0.1) is 29.9 Å². The lowest BCUT2D eigenvalue weighted by molar-refractivity contribution is 0.102. The van der Waals surface area contributed by atoms with E-state index in [1.165, 1.54) is 6.20 Å². The monoisotopic (exact) mass is 361 g/mol. The highest BCUT2D eigenvalue weighted by Gasteiger charge is 2.27. The molecule has 0 bridgehead atoms. The third kappa shape index (κ3) is 4.48. The Morgan fingerprint density at radius 3 is 2.60 bits per heavy atom. The summed E-state index contributed by atoms with van der Waals surface area (Å²) in [6, 6.07) is 8.52. The van der Waals surface area contributed by atoms with Gasteiger partial charge >= 0.3 is 0 Å². The second-order valence-electron chi connectivity index (χ2n) is 5.89. The first-order valence-electron chi connectivity index (χ1n) is 7.82. The largest absolute Gasteiger partial charge is 0.497 e. The fraction of sp³-hybridized carbons (Fsp3) is 0.294. The van der Waals surface area contributed by atoms with Gasteiger partial charge in [0.15, 0.2) is 9.84 Å². The maximum Gasteiger partial charge on any atom is 0.257 e. The van der Waals surface area contributed by atoms with Crippen LogP contribution in [0.5, 0.6) is 5.75 Å². The van der Waals surface area contributed by atoms with Gasteiger partial charge in [-0.15, -0.1) is 0 Å². The van der Waals surface area contributed by atoms with Gasteiger partial charge in [-0.2, -0.15) is 0 Å². The number of benzene rings is 1. The normalized spacial score (nSPS) is 18.5. The molecule has 7 nitrogen and oxygen atoms in total. The number of rotatable bonds is 5. The number of nitrogens with zero attached hydrogens (tertiary/aromatic N) is 1. The van der Waals surface area contributed by atoms with E-state index in [9.17, 15) is 13.2 Å². The predicted molar refractivity (Wildman–Crippen MR) is 95.9 cm³/mol. The van der Waals surface area contributed by atoms with Crippen LogP contribution in [0.2, 0.25) is 0 Å². The number of pyridine rings is 1. The number of hydrogen-bond acceptors (Lipinski definition) is 6. The molecular weight excluding hydrogens is 342 g/mol. The van der Waals surface area contributed by atoms with Crippen LogP contribution < -0.4 is 15.4 Å². The molecule has 2 heterocycles. The molecule has 0 spiro atoms. The molecule has 1 saturated heterocycles. The van der Waals surface area contributed by atoms with E-state index in [2.05, 4.69) is 15.6 Å². The van der Waals surface area contributed by atoms with E-state index in [0.29, 0.717) is 29.1 Å².